The fourth-order valence-electron chi connectivity index (χ4n) is 1.87. The summed E-state index contributed by atoms with van der Waals surface area (Å²) in [4.78, 5) is 0. The summed E-state index contributed by atoms with van der Waals surface area (Å²) in [5.41, 5.74) is 0.794. The van der Waals surface area contributed by atoms with Gasteiger partial charge in [0.25, 0.3) is 0 Å². The summed E-state index contributed by atoms with van der Waals surface area (Å²) in [6.07, 6.45) is 2.97. The van der Waals surface area contributed by atoms with E-state index in [1.54, 1.807) is 0 Å². The minimum absolute atomic E-state index is 0.117. The van der Waals surface area contributed by atoms with E-state index in [2.05, 4.69) is 35.1 Å². The van der Waals surface area contributed by atoms with Crippen molar-refractivity contribution in [2.75, 3.05) is 6.54 Å². The lowest BCUT2D eigenvalue weighted by molar-refractivity contribution is 0.475. The lowest BCUT2D eigenvalue weighted by Crippen LogP contribution is -2.31. The molecule has 0 saturated carbocycles. The summed E-state index contributed by atoms with van der Waals surface area (Å²) in [6, 6.07) is 5.67. The van der Waals surface area contributed by atoms with Gasteiger partial charge in [0.15, 0.2) is 0 Å². The van der Waals surface area contributed by atoms with Gasteiger partial charge in [-0.15, -0.1) is 0 Å². The van der Waals surface area contributed by atoms with Crippen LogP contribution in [-0.2, 0) is 6.42 Å². The molecule has 1 unspecified atom stereocenters. The Hall–Kier alpha value is -0.410. The standard InChI is InChI=1S/C13H19BrFN/c1-3-5-12(16-4-2)8-10-6-7-11(14)9-13(10)15/h6-7,9,12,16H,3-5,8H2,1-2H3. The van der Waals surface area contributed by atoms with Crippen molar-refractivity contribution in [3.8, 4) is 0 Å². The lowest BCUT2D eigenvalue weighted by atomic mass is 10.0. The molecule has 1 atom stereocenters. The van der Waals surface area contributed by atoms with E-state index in [0.29, 0.717) is 6.04 Å². The molecule has 1 nitrogen and oxygen atoms in total. The van der Waals surface area contributed by atoms with E-state index in [0.717, 1.165) is 35.8 Å². The lowest BCUT2D eigenvalue weighted by Gasteiger charge is -2.17. The quantitative estimate of drug-likeness (QED) is 0.837. The number of nitrogens with one attached hydrogen (secondary N) is 1. The molecule has 1 rings (SSSR count). The third kappa shape index (κ3) is 4.22. The Kier molecular flexibility index (Phi) is 5.99. The number of benzene rings is 1. The largest absolute Gasteiger partial charge is 0.314 e. The SMILES string of the molecule is CCCC(Cc1ccc(Br)cc1F)NCC. The zero-order valence-corrected chi connectivity index (χ0v) is 11.5. The van der Waals surface area contributed by atoms with Crippen LogP contribution in [0.15, 0.2) is 22.7 Å². The molecule has 0 spiro atoms. The molecule has 0 aliphatic carbocycles. The number of halogens is 2. The van der Waals surface area contributed by atoms with Crippen LogP contribution in [0.5, 0.6) is 0 Å². The second-order valence-corrected chi connectivity index (χ2v) is 4.90. The van der Waals surface area contributed by atoms with Crippen LogP contribution >= 0.6 is 15.9 Å². The molecule has 90 valence electrons. The highest BCUT2D eigenvalue weighted by atomic mass is 79.9. The van der Waals surface area contributed by atoms with Crippen LogP contribution < -0.4 is 5.32 Å². The first-order valence-corrected chi connectivity index (χ1v) is 6.64. The van der Waals surface area contributed by atoms with Crippen LogP contribution in [0.4, 0.5) is 4.39 Å². The van der Waals surface area contributed by atoms with Crippen molar-refractivity contribution in [1.82, 2.24) is 5.32 Å². The van der Waals surface area contributed by atoms with E-state index in [-0.39, 0.29) is 5.82 Å². The van der Waals surface area contributed by atoms with E-state index in [1.165, 1.54) is 6.07 Å². The molecule has 0 heterocycles. The van der Waals surface area contributed by atoms with Crippen LogP contribution in [0.25, 0.3) is 0 Å². The zero-order chi connectivity index (χ0) is 12.0. The van der Waals surface area contributed by atoms with Gasteiger partial charge in [0.1, 0.15) is 5.82 Å². The van der Waals surface area contributed by atoms with Crippen molar-refractivity contribution < 1.29 is 4.39 Å². The van der Waals surface area contributed by atoms with E-state index >= 15 is 0 Å². The summed E-state index contributed by atoms with van der Waals surface area (Å²) in [5.74, 6) is -0.117. The maximum atomic E-state index is 13.6. The van der Waals surface area contributed by atoms with Crippen molar-refractivity contribution in [3.63, 3.8) is 0 Å². The Labute approximate surface area is 106 Å². The summed E-state index contributed by atoms with van der Waals surface area (Å²) >= 11 is 3.27. The van der Waals surface area contributed by atoms with Crippen LogP contribution in [0, 0.1) is 5.82 Å². The van der Waals surface area contributed by atoms with Crippen LogP contribution in [-0.4, -0.2) is 12.6 Å². The molecule has 0 radical (unpaired) electrons. The van der Waals surface area contributed by atoms with Crippen molar-refractivity contribution >= 4 is 15.9 Å². The Morgan fingerprint density at radius 2 is 2.12 bits per heavy atom. The first-order chi connectivity index (χ1) is 7.67. The van der Waals surface area contributed by atoms with Gasteiger partial charge in [-0.05, 0) is 37.1 Å². The average Bonchev–Trinajstić information content (AvgIpc) is 2.23. The van der Waals surface area contributed by atoms with Crippen molar-refractivity contribution in [3.05, 3.63) is 34.1 Å². The highest BCUT2D eigenvalue weighted by molar-refractivity contribution is 9.10. The van der Waals surface area contributed by atoms with Crippen LogP contribution in [0.1, 0.15) is 32.3 Å². The fourth-order valence-corrected chi connectivity index (χ4v) is 2.20. The molecule has 0 fully saturated rings. The van der Waals surface area contributed by atoms with Gasteiger partial charge in [-0.2, -0.15) is 0 Å². The molecule has 1 aromatic rings. The molecule has 0 aliphatic heterocycles. The molecule has 1 aromatic carbocycles. The van der Waals surface area contributed by atoms with Crippen molar-refractivity contribution in [2.24, 2.45) is 0 Å². The second-order valence-electron chi connectivity index (χ2n) is 3.98. The molecule has 0 bridgehead atoms. The average molecular weight is 288 g/mol. The van der Waals surface area contributed by atoms with E-state index in [9.17, 15) is 4.39 Å². The molecule has 3 heteroatoms. The van der Waals surface area contributed by atoms with Gasteiger partial charge in [0.2, 0.25) is 0 Å². The number of hydrogen-bond donors (Lipinski definition) is 1. The van der Waals surface area contributed by atoms with E-state index < -0.39 is 0 Å². The molecule has 16 heavy (non-hydrogen) atoms. The Balaban J connectivity index is 2.68. The van der Waals surface area contributed by atoms with Crippen molar-refractivity contribution in [1.29, 1.82) is 0 Å². The molecule has 0 amide bonds. The third-order valence-corrected chi connectivity index (χ3v) is 3.10. The minimum atomic E-state index is -0.117. The molecular weight excluding hydrogens is 269 g/mol. The van der Waals surface area contributed by atoms with E-state index in [1.807, 2.05) is 12.1 Å². The minimum Gasteiger partial charge on any atom is -0.314 e. The predicted molar refractivity (Wildman–Crippen MR) is 70.2 cm³/mol. The third-order valence-electron chi connectivity index (χ3n) is 2.61. The summed E-state index contributed by atoms with van der Waals surface area (Å²) < 4.78 is 14.4. The van der Waals surface area contributed by atoms with Gasteiger partial charge in [-0.1, -0.05) is 42.3 Å². The van der Waals surface area contributed by atoms with E-state index in [4.69, 9.17) is 0 Å². The Morgan fingerprint density at radius 1 is 1.38 bits per heavy atom. The summed E-state index contributed by atoms with van der Waals surface area (Å²) in [5, 5.41) is 3.40. The Morgan fingerprint density at radius 3 is 2.69 bits per heavy atom. The topological polar surface area (TPSA) is 12.0 Å². The number of hydrogen-bond acceptors (Lipinski definition) is 1. The molecule has 0 aliphatic rings. The van der Waals surface area contributed by atoms with Crippen LogP contribution in [0.2, 0.25) is 0 Å². The van der Waals surface area contributed by atoms with Gasteiger partial charge in [-0.3, -0.25) is 0 Å². The molecular formula is C13H19BrFN. The zero-order valence-electron chi connectivity index (χ0n) is 9.89. The molecule has 1 N–H and O–H groups in total. The van der Waals surface area contributed by atoms with Gasteiger partial charge in [-0.25, -0.2) is 4.39 Å². The summed E-state index contributed by atoms with van der Waals surface area (Å²) in [7, 11) is 0. The Bertz CT molecular complexity index is 322. The predicted octanol–water partition coefficient (Wildman–Crippen LogP) is 3.91. The maximum Gasteiger partial charge on any atom is 0.127 e. The molecule has 0 saturated heterocycles. The summed E-state index contributed by atoms with van der Waals surface area (Å²) in [6.45, 7) is 5.17. The maximum absolute atomic E-state index is 13.6. The van der Waals surface area contributed by atoms with Gasteiger partial charge >= 0.3 is 0 Å². The van der Waals surface area contributed by atoms with Crippen molar-refractivity contribution in [2.45, 2.75) is 39.2 Å². The number of rotatable bonds is 6. The smallest absolute Gasteiger partial charge is 0.127 e. The normalized spacial score (nSPS) is 12.8. The van der Waals surface area contributed by atoms with Gasteiger partial charge in [0.05, 0.1) is 0 Å². The first-order valence-electron chi connectivity index (χ1n) is 5.84. The fraction of sp³-hybridized carbons (Fsp3) is 0.538. The highest BCUT2D eigenvalue weighted by Gasteiger charge is 2.10. The monoisotopic (exact) mass is 287 g/mol. The second kappa shape index (κ2) is 7.02. The molecule has 0 aromatic heterocycles. The highest BCUT2D eigenvalue weighted by Crippen LogP contribution is 2.17. The van der Waals surface area contributed by atoms with Crippen LogP contribution in [0.3, 0.4) is 0 Å². The van der Waals surface area contributed by atoms with Gasteiger partial charge < -0.3 is 5.32 Å². The van der Waals surface area contributed by atoms with Gasteiger partial charge in [0, 0.05) is 10.5 Å². The first kappa shape index (κ1) is 13.7. The number of likely N-dealkylation sites (N-methyl/N-ethyl adjacent to an activating group) is 1.